The summed E-state index contributed by atoms with van der Waals surface area (Å²) in [5.74, 6) is -1.92. The largest absolute Gasteiger partial charge is 0.469 e. The first-order valence-corrected chi connectivity index (χ1v) is 10.7. The molecule has 1 aliphatic heterocycles. The summed E-state index contributed by atoms with van der Waals surface area (Å²) in [4.78, 5) is 39.4. The molecule has 2 aromatic rings. The van der Waals surface area contributed by atoms with Gasteiger partial charge in [-0.05, 0) is 31.3 Å². The van der Waals surface area contributed by atoms with Gasteiger partial charge in [0.15, 0.2) is 0 Å². The predicted octanol–water partition coefficient (Wildman–Crippen LogP) is 1.57. The van der Waals surface area contributed by atoms with Crippen LogP contribution in [0.5, 0.6) is 0 Å². The minimum Gasteiger partial charge on any atom is -0.469 e. The highest BCUT2D eigenvalue weighted by atomic mass is 35.5. The lowest BCUT2D eigenvalue weighted by molar-refractivity contribution is -0.139. The number of esters is 2. The molecule has 1 aromatic heterocycles. The second-order valence-electron chi connectivity index (χ2n) is 6.38. The standard InChI is InChI=1S/C19H18ClN3O7S/c1-21-31(27,28)9-4-5-13-10(6-9)11(18(25)23-13)7-14-16(19(26)30-3)12(17(20)22-14)8-15(24)29-2/h4-7,21-22H,8H2,1-3H3,(H,23,25). The summed E-state index contributed by atoms with van der Waals surface area (Å²) in [6.07, 6.45) is 1.04. The molecule has 1 aromatic carbocycles. The van der Waals surface area contributed by atoms with E-state index in [-0.39, 0.29) is 38.9 Å². The molecule has 0 fully saturated rings. The molecular weight excluding hydrogens is 450 g/mol. The van der Waals surface area contributed by atoms with Gasteiger partial charge in [-0.2, -0.15) is 0 Å². The molecular formula is C19H18ClN3O7S. The van der Waals surface area contributed by atoms with Crippen LogP contribution in [-0.2, 0) is 35.5 Å². The van der Waals surface area contributed by atoms with Gasteiger partial charge in [0.25, 0.3) is 5.91 Å². The summed E-state index contributed by atoms with van der Waals surface area (Å²) in [6.45, 7) is 0. The van der Waals surface area contributed by atoms with Crippen LogP contribution in [0.1, 0.15) is 27.2 Å². The number of nitrogens with one attached hydrogen (secondary N) is 3. The van der Waals surface area contributed by atoms with Crippen molar-refractivity contribution in [1.29, 1.82) is 0 Å². The van der Waals surface area contributed by atoms with Crippen molar-refractivity contribution in [3.63, 3.8) is 0 Å². The van der Waals surface area contributed by atoms with Gasteiger partial charge in [-0.3, -0.25) is 9.59 Å². The Morgan fingerprint density at radius 2 is 1.94 bits per heavy atom. The molecule has 0 atom stereocenters. The van der Waals surface area contributed by atoms with Gasteiger partial charge in [-0.15, -0.1) is 0 Å². The highest BCUT2D eigenvalue weighted by molar-refractivity contribution is 7.89. The van der Waals surface area contributed by atoms with Crippen LogP contribution in [0, 0.1) is 0 Å². The second-order valence-corrected chi connectivity index (χ2v) is 8.64. The average Bonchev–Trinajstić information content (AvgIpc) is 3.23. The molecule has 164 valence electrons. The Hall–Kier alpha value is -3.15. The molecule has 3 rings (SSSR count). The summed E-state index contributed by atoms with van der Waals surface area (Å²) in [5, 5.41) is 2.63. The lowest BCUT2D eigenvalue weighted by Crippen LogP contribution is -2.18. The third-order valence-corrected chi connectivity index (χ3v) is 6.40. The first-order valence-electron chi connectivity index (χ1n) is 8.79. The minimum absolute atomic E-state index is 0.00258. The molecule has 10 nitrogen and oxygen atoms in total. The highest BCUT2D eigenvalue weighted by Gasteiger charge is 2.29. The number of fused-ring (bicyclic) bond motifs is 1. The van der Waals surface area contributed by atoms with Crippen molar-refractivity contribution in [2.75, 3.05) is 26.6 Å². The molecule has 0 bridgehead atoms. The van der Waals surface area contributed by atoms with Crippen molar-refractivity contribution >= 4 is 56.8 Å². The SMILES string of the molecule is CNS(=O)(=O)c1ccc2c(c1)C(=Cc1[nH]c(Cl)c(CC(=O)OC)c1C(=O)OC)C(=O)N2. The van der Waals surface area contributed by atoms with Gasteiger partial charge in [-0.25, -0.2) is 17.9 Å². The maximum Gasteiger partial charge on any atom is 0.340 e. The maximum absolute atomic E-state index is 12.6. The van der Waals surface area contributed by atoms with Crippen LogP contribution >= 0.6 is 11.6 Å². The first-order chi connectivity index (χ1) is 14.6. The molecule has 1 aliphatic rings. The number of benzene rings is 1. The topological polar surface area (TPSA) is 144 Å². The fourth-order valence-electron chi connectivity index (χ4n) is 3.09. The number of aromatic amines is 1. The smallest absolute Gasteiger partial charge is 0.340 e. The van der Waals surface area contributed by atoms with Crippen LogP contribution in [0.15, 0.2) is 23.1 Å². The van der Waals surface area contributed by atoms with E-state index >= 15 is 0 Å². The van der Waals surface area contributed by atoms with Crippen molar-refractivity contribution in [1.82, 2.24) is 9.71 Å². The molecule has 3 N–H and O–H groups in total. The molecule has 0 saturated carbocycles. The number of methoxy groups -OCH3 is 2. The number of carbonyl (C=O) groups excluding carboxylic acids is 3. The summed E-state index contributed by atoms with van der Waals surface area (Å²) in [5.41, 5.74) is 1.05. The summed E-state index contributed by atoms with van der Waals surface area (Å²) < 4.78 is 35.9. The number of ether oxygens (including phenoxy) is 2. The van der Waals surface area contributed by atoms with Gasteiger partial charge < -0.3 is 19.8 Å². The Morgan fingerprint density at radius 3 is 2.55 bits per heavy atom. The predicted molar refractivity (Wildman–Crippen MR) is 112 cm³/mol. The number of halogens is 1. The summed E-state index contributed by atoms with van der Waals surface area (Å²) in [6, 6.07) is 4.15. The van der Waals surface area contributed by atoms with Gasteiger partial charge in [0.05, 0.1) is 42.4 Å². The Bertz CT molecular complexity index is 1230. The van der Waals surface area contributed by atoms with Crippen molar-refractivity contribution in [3.8, 4) is 0 Å². The molecule has 12 heteroatoms. The molecule has 0 saturated heterocycles. The van der Waals surface area contributed by atoms with Crippen LogP contribution in [0.3, 0.4) is 0 Å². The third kappa shape index (κ3) is 4.20. The number of sulfonamides is 1. The summed E-state index contributed by atoms with van der Waals surface area (Å²) >= 11 is 6.19. The van der Waals surface area contributed by atoms with E-state index in [1.165, 1.54) is 38.4 Å². The van der Waals surface area contributed by atoms with Crippen LogP contribution < -0.4 is 10.0 Å². The van der Waals surface area contributed by atoms with E-state index in [1.54, 1.807) is 0 Å². The van der Waals surface area contributed by atoms with E-state index in [9.17, 15) is 22.8 Å². The Balaban J connectivity index is 2.18. The second kappa shape index (κ2) is 8.53. The van der Waals surface area contributed by atoms with Crippen molar-refractivity contribution in [2.45, 2.75) is 11.3 Å². The van der Waals surface area contributed by atoms with Crippen molar-refractivity contribution in [3.05, 3.63) is 45.7 Å². The number of anilines is 1. The zero-order valence-corrected chi connectivity index (χ0v) is 18.2. The van der Waals surface area contributed by atoms with Gasteiger partial charge in [0.2, 0.25) is 10.0 Å². The third-order valence-electron chi connectivity index (χ3n) is 4.66. The molecule has 1 amide bonds. The van der Waals surface area contributed by atoms with E-state index in [0.29, 0.717) is 11.3 Å². The number of hydrogen-bond donors (Lipinski definition) is 3. The van der Waals surface area contributed by atoms with E-state index in [1.807, 2.05) is 0 Å². The van der Waals surface area contributed by atoms with E-state index in [0.717, 1.165) is 7.11 Å². The van der Waals surface area contributed by atoms with Crippen molar-refractivity contribution in [2.24, 2.45) is 0 Å². The first kappa shape index (κ1) is 22.5. The number of hydrogen-bond acceptors (Lipinski definition) is 7. The number of aromatic nitrogens is 1. The Morgan fingerprint density at radius 1 is 1.23 bits per heavy atom. The van der Waals surface area contributed by atoms with Crippen LogP contribution in [0.2, 0.25) is 5.15 Å². The van der Waals surface area contributed by atoms with Crippen LogP contribution in [0.25, 0.3) is 11.6 Å². The molecule has 31 heavy (non-hydrogen) atoms. The Labute approximate surface area is 182 Å². The highest BCUT2D eigenvalue weighted by Crippen LogP contribution is 2.36. The lowest BCUT2D eigenvalue weighted by Gasteiger charge is -2.06. The quantitative estimate of drug-likeness (QED) is 0.432. The van der Waals surface area contributed by atoms with Crippen LogP contribution in [0.4, 0.5) is 5.69 Å². The average molecular weight is 468 g/mol. The fraction of sp³-hybridized carbons (Fsp3) is 0.211. The summed E-state index contributed by atoms with van der Waals surface area (Å²) in [7, 11) is -0.120. The number of rotatable bonds is 6. The van der Waals surface area contributed by atoms with E-state index in [4.69, 9.17) is 16.3 Å². The molecule has 2 heterocycles. The fourth-order valence-corrected chi connectivity index (χ4v) is 4.11. The molecule has 0 aliphatic carbocycles. The molecule has 0 radical (unpaired) electrons. The van der Waals surface area contributed by atoms with Gasteiger partial charge >= 0.3 is 11.9 Å². The number of H-pyrrole nitrogens is 1. The number of amides is 1. The van der Waals surface area contributed by atoms with Gasteiger partial charge in [0, 0.05) is 16.8 Å². The normalized spacial score (nSPS) is 14.3. The molecule has 0 spiro atoms. The number of carbonyl (C=O) groups is 3. The molecule has 0 unspecified atom stereocenters. The zero-order chi connectivity index (χ0) is 22.9. The van der Waals surface area contributed by atoms with Gasteiger partial charge in [-0.1, -0.05) is 11.6 Å². The van der Waals surface area contributed by atoms with Crippen molar-refractivity contribution < 1.29 is 32.3 Å². The lowest BCUT2D eigenvalue weighted by atomic mass is 10.0. The van der Waals surface area contributed by atoms with E-state index in [2.05, 4.69) is 19.8 Å². The van der Waals surface area contributed by atoms with E-state index < -0.39 is 27.9 Å². The monoisotopic (exact) mass is 467 g/mol. The van der Waals surface area contributed by atoms with Gasteiger partial charge in [0.1, 0.15) is 5.15 Å². The maximum atomic E-state index is 12.6. The zero-order valence-electron chi connectivity index (χ0n) is 16.7. The minimum atomic E-state index is -3.75. The van der Waals surface area contributed by atoms with Crippen LogP contribution in [-0.4, -0.2) is 52.5 Å². The Kier molecular flexibility index (Phi) is 6.20.